The molecule has 0 saturated carbocycles. The molecule has 70 valence electrons. The predicted molar refractivity (Wildman–Crippen MR) is 58.5 cm³/mol. The quantitative estimate of drug-likeness (QED) is 0.620. The zero-order valence-corrected chi connectivity index (χ0v) is 8.62. The first-order chi connectivity index (χ1) is 6.15. The van der Waals surface area contributed by atoms with Crippen molar-refractivity contribution in [3.63, 3.8) is 0 Å². The number of rotatable bonds is 3. The maximum absolute atomic E-state index is 3.81. The Kier molecular flexibility index (Phi) is 3.13. The highest BCUT2D eigenvalue weighted by molar-refractivity contribution is 5.40. The number of hydrogen-bond acceptors (Lipinski definition) is 0. The van der Waals surface area contributed by atoms with Crippen LogP contribution in [-0.4, -0.2) is 4.57 Å². The number of nitrogens with zero attached hydrogens (tertiary/aromatic N) is 1. The summed E-state index contributed by atoms with van der Waals surface area (Å²) in [4.78, 5) is 0. The van der Waals surface area contributed by atoms with Crippen molar-refractivity contribution in [2.75, 3.05) is 0 Å². The van der Waals surface area contributed by atoms with E-state index in [1.807, 2.05) is 12.1 Å². The van der Waals surface area contributed by atoms with Gasteiger partial charge in [-0.25, -0.2) is 0 Å². The molecule has 0 spiro atoms. The van der Waals surface area contributed by atoms with Gasteiger partial charge in [-0.3, -0.25) is 0 Å². The second-order valence-electron chi connectivity index (χ2n) is 3.54. The van der Waals surface area contributed by atoms with Crippen LogP contribution >= 0.6 is 0 Å². The Morgan fingerprint density at radius 2 is 2.23 bits per heavy atom. The van der Waals surface area contributed by atoms with Crippen LogP contribution in [0, 0.1) is 12.8 Å². The van der Waals surface area contributed by atoms with Gasteiger partial charge < -0.3 is 4.57 Å². The molecule has 0 amide bonds. The summed E-state index contributed by atoms with van der Waals surface area (Å²) in [7, 11) is 0. The Morgan fingerprint density at radius 3 is 2.62 bits per heavy atom. The molecular weight excluding hydrogens is 158 g/mol. The van der Waals surface area contributed by atoms with Crippen molar-refractivity contribution in [1.82, 2.24) is 4.57 Å². The molecular formula is C12H17N. The van der Waals surface area contributed by atoms with Crippen LogP contribution in [0.25, 0.3) is 6.20 Å². The largest absolute Gasteiger partial charge is 0.328 e. The lowest BCUT2D eigenvalue weighted by atomic mass is 10.1. The molecule has 1 rings (SSSR count). The molecule has 0 aliphatic carbocycles. The van der Waals surface area contributed by atoms with Crippen LogP contribution < -0.4 is 0 Å². The Hall–Kier alpha value is -1.24. The Labute approximate surface area is 80.4 Å². The number of aromatic nitrogens is 1. The lowest BCUT2D eigenvalue weighted by Crippen LogP contribution is -1.94. The molecule has 1 aromatic heterocycles. The summed E-state index contributed by atoms with van der Waals surface area (Å²) in [5.74, 6) is 0.527. The van der Waals surface area contributed by atoms with Crippen molar-refractivity contribution >= 4 is 6.20 Å². The third-order valence-electron chi connectivity index (χ3n) is 2.18. The molecule has 13 heavy (non-hydrogen) atoms. The molecule has 0 aliphatic rings. The van der Waals surface area contributed by atoms with Gasteiger partial charge in [-0.15, -0.1) is 0 Å². The van der Waals surface area contributed by atoms with Crippen LogP contribution in [0.1, 0.15) is 19.5 Å². The molecule has 1 heterocycles. The van der Waals surface area contributed by atoms with E-state index >= 15 is 0 Å². The fourth-order valence-electron chi connectivity index (χ4n) is 1.22. The van der Waals surface area contributed by atoms with Crippen LogP contribution in [0.2, 0.25) is 0 Å². The molecule has 0 aromatic carbocycles. The van der Waals surface area contributed by atoms with Crippen molar-refractivity contribution in [2.24, 2.45) is 5.92 Å². The third-order valence-corrected chi connectivity index (χ3v) is 2.18. The first-order valence-electron chi connectivity index (χ1n) is 4.62. The van der Waals surface area contributed by atoms with Gasteiger partial charge in [-0.2, -0.15) is 0 Å². The van der Waals surface area contributed by atoms with E-state index in [1.165, 1.54) is 11.3 Å². The average molecular weight is 175 g/mol. The Bertz CT molecular complexity index is 316. The number of hydrogen-bond donors (Lipinski definition) is 0. The first-order valence-corrected chi connectivity index (χ1v) is 4.62. The van der Waals surface area contributed by atoms with Crippen molar-refractivity contribution in [2.45, 2.75) is 20.8 Å². The highest BCUT2D eigenvalue weighted by Gasteiger charge is 1.99. The second-order valence-corrected chi connectivity index (χ2v) is 3.54. The highest BCUT2D eigenvalue weighted by atomic mass is 14.9. The van der Waals surface area contributed by atoms with Gasteiger partial charge in [0, 0.05) is 18.1 Å². The molecule has 0 N–H and O–H groups in total. The van der Waals surface area contributed by atoms with Crippen molar-refractivity contribution < 1.29 is 0 Å². The summed E-state index contributed by atoms with van der Waals surface area (Å²) in [6.45, 7) is 10.3. The highest BCUT2D eigenvalue weighted by Crippen LogP contribution is 2.13. The molecule has 1 aromatic rings. The summed E-state index contributed by atoms with van der Waals surface area (Å²) in [5, 5.41) is 0. The smallest absolute Gasteiger partial charge is 0.0190 e. The fraction of sp³-hybridized carbons (Fsp3) is 0.333. The maximum Gasteiger partial charge on any atom is 0.0190 e. The topological polar surface area (TPSA) is 4.93 Å². The van der Waals surface area contributed by atoms with Gasteiger partial charge in [0.05, 0.1) is 0 Å². The fourth-order valence-corrected chi connectivity index (χ4v) is 1.22. The van der Waals surface area contributed by atoms with Gasteiger partial charge in [0.15, 0.2) is 0 Å². The molecule has 0 atom stereocenters. The van der Waals surface area contributed by atoms with Crippen molar-refractivity contribution in [1.29, 1.82) is 0 Å². The minimum Gasteiger partial charge on any atom is -0.328 e. The lowest BCUT2D eigenvalue weighted by Gasteiger charge is -2.07. The second kappa shape index (κ2) is 4.13. The monoisotopic (exact) mass is 175 g/mol. The van der Waals surface area contributed by atoms with Gasteiger partial charge in [-0.1, -0.05) is 26.5 Å². The zero-order valence-electron chi connectivity index (χ0n) is 8.62. The third kappa shape index (κ3) is 2.35. The molecule has 1 heteroatoms. The standard InChI is InChI=1S/C12H17N/c1-5-12(10(2)3)9-13-8-6-7-11(13)4/h5-10H,1H2,2-4H3/b12-9+. The normalized spacial score (nSPS) is 12.2. The van der Waals surface area contributed by atoms with Crippen molar-refractivity contribution in [3.05, 3.63) is 42.3 Å². The van der Waals surface area contributed by atoms with E-state index in [4.69, 9.17) is 0 Å². The molecule has 1 nitrogen and oxygen atoms in total. The summed E-state index contributed by atoms with van der Waals surface area (Å²) in [5.41, 5.74) is 2.51. The molecule has 0 fully saturated rings. The van der Waals surface area contributed by atoms with E-state index in [0.717, 1.165) is 0 Å². The summed E-state index contributed by atoms with van der Waals surface area (Å²) in [6, 6.07) is 4.14. The minimum atomic E-state index is 0.527. The maximum atomic E-state index is 3.81. The summed E-state index contributed by atoms with van der Waals surface area (Å²) >= 11 is 0. The molecule has 0 saturated heterocycles. The molecule has 0 unspecified atom stereocenters. The molecule has 0 bridgehead atoms. The van der Waals surface area contributed by atoms with Crippen LogP contribution in [0.5, 0.6) is 0 Å². The van der Waals surface area contributed by atoms with E-state index in [1.54, 1.807) is 0 Å². The van der Waals surface area contributed by atoms with E-state index < -0.39 is 0 Å². The summed E-state index contributed by atoms with van der Waals surface area (Å²) in [6.07, 6.45) is 6.11. The first kappa shape index (κ1) is 9.85. The van der Waals surface area contributed by atoms with Gasteiger partial charge >= 0.3 is 0 Å². The molecule has 0 radical (unpaired) electrons. The Balaban J connectivity index is 2.98. The average Bonchev–Trinajstić information content (AvgIpc) is 2.46. The Morgan fingerprint density at radius 1 is 1.54 bits per heavy atom. The number of allylic oxidation sites excluding steroid dienone is 2. The SMILES string of the molecule is C=C/C(=C\n1cccc1C)C(C)C. The van der Waals surface area contributed by atoms with Gasteiger partial charge in [0.25, 0.3) is 0 Å². The van der Waals surface area contributed by atoms with E-state index in [0.29, 0.717) is 5.92 Å². The van der Waals surface area contributed by atoms with Gasteiger partial charge in [0.1, 0.15) is 0 Å². The van der Waals surface area contributed by atoms with Crippen LogP contribution in [0.4, 0.5) is 0 Å². The van der Waals surface area contributed by atoms with Crippen LogP contribution in [0.3, 0.4) is 0 Å². The lowest BCUT2D eigenvalue weighted by molar-refractivity contribution is 0.791. The van der Waals surface area contributed by atoms with E-state index in [9.17, 15) is 0 Å². The van der Waals surface area contributed by atoms with Gasteiger partial charge in [-0.05, 0) is 30.5 Å². The summed E-state index contributed by atoms with van der Waals surface area (Å²) < 4.78 is 2.12. The van der Waals surface area contributed by atoms with Crippen LogP contribution in [-0.2, 0) is 0 Å². The van der Waals surface area contributed by atoms with E-state index in [2.05, 4.69) is 50.4 Å². The van der Waals surface area contributed by atoms with Crippen LogP contribution in [0.15, 0.2) is 36.6 Å². The molecule has 0 aliphatic heterocycles. The predicted octanol–water partition coefficient (Wildman–Crippen LogP) is 3.48. The van der Waals surface area contributed by atoms with Gasteiger partial charge in [0.2, 0.25) is 0 Å². The minimum absolute atomic E-state index is 0.527. The van der Waals surface area contributed by atoms with E-state index in [-0.39, 0.29) is 0 Å². The number of aryl methyl sites for hydroxylation is 1. The zero-order chi connectivity index (χ0) is 9.84. The van der Waals surface area contributed by atoms with Crippen molar-refractivity contribution in [3.8, 4) is 0 Å².